The monoisotopic (exact) mass is 299 g/mol. The van der Waals surface area contributed by atoms with Crippen molar-refractivity contribution in [1.82, 2.24) is 4.57 Å². The number of aryl methyl sites for hydroxylation is 1. The van der Waals surface area contributed by atoms with Gasteiger partial charge in [0.25, 0.3) is 0 Å². The van der Waals surface area contributed by atoms with Crippen LogP contribution in [-0.2, 0) is 10.9 Å². The Morgan fingerprint density at radius 2 is 1.81 bits per heavy atom. The average Bonchev–Trinajstić information content (AvgIpc) is 2.63. The SMILES string of the molecule is Cc1cn(C(=O)OC(C)(C)C)c2cc(C(F)(F)F)ccc12. The van der Waals surface area contributed by atoms with E-state index in [9.17, 15) is 18.0 Å². The standard InChI is InChI=1S/C15H16F3NO2/c1-9-8-19(13(20)21-14(2,3)4)12-7-10(15(16,17)18)5-6-11(9)12/h5-8H,1-4H3. The second-order valence-electron chi connectivity index (χ2n) is 5.89. The molecule has 0 aliphatic carbocycles. The van der Waals surface area contributed by atoms with Gasteiger partial charge < -0.3 is 4.74 Å². The van der Waals surface area contributed by atoms with Crippen LogP contribution in [0.5, 0.6) is 0 Å². The number of benzene rings is 1. The van der Waals surface area contributed by atoms with Gasteiger partial charge in [0.15, 0.2) is 0 Å². The van der Waals surface area contributed by atoms with Crippen molar-refractivity contribution in [3.8, 4) is 0 Å². The summed E-state index contributed by atoms with van der Waals surface area (Å²) in [6, 6.07) is 3.34. The predicted molar refractivity (Wildman–Crippen MR) is 73.3 cm³/mol. The number of ether oxygens (including phenoxy) is 1. The van der Waals surface area contributed by atoms with E-state index in [4.69, 9.17) is 4.74 Å². The lowest BCUT2D eigenvalue weighted by molar-refractivity contribution is -0.137. The Bertz CT molecular complexity index is 693. The smallest absolute Gasteiger partial charge is 0.419 e. The van der Waals surface area contributed by atoms with Crippen LogP contribution in [0, 0.1) is 6.92 Å². The number of hydrogen-bond donors (Lipinski definition) is 0. The van der Waals surface area contributed by atoms with Gasteiger partial charge in [-0.2, -0.15) is 13.2 Å². The molecule has 0 saturated heterocycles. The second kappa shape index (κ2) is 4.79. The van der Waals surface area contributed by atoms with E-state index < -0.39 is 23.4 Å². The summed E-state index contributed by atoms with van der Waals surface area (Å²) in [6.45, 7) is 6.83. The molecule has 1 aromatic heterocycles. The van der Waals surface area contributed by atoms with Crippen molar-refractivity contribution in [2.75, 3.05) is 0 Å². The zero-order valence-electron chi connectivity index (χ0n) is 12.2. The zero-order chi connectivity index (χ0) is 16.0. The number of hydrogen-bond acceptors (Lipinski definition) is 2. The summed E-state index contributed by atoms with van der Waals surface area (Å²) in [5, 5.41) is 0.592. The number of carbonyl (C=O) groups excluding carboxylic acids is 1. The molecule has 2 rings (SSSR count). The molecule has 0 aliphatic rings. The molecule has 0 bridgehead atoms. The highest BCUT2D eigenvalue weighted by Gasteiger charge is 2.31. The first-order chi connectivity index (χ1) is 9.49. The van der Waals surface area contributed by atoms with Gasteiger partial charge in [0.1, 0.15) is 5.60 Å². The molecule has 0 fully saturated rings. The average molecular weight is 299 g/mol. The molecule has 0 unspecified atom stereocenters. The third kappa shape index (κ3) is 3.20. The number of halogens is 3. The van der Waals surface area contributed by atoms with Gasteiger partial charge in [0.05, 0.1) is 11.1 Å². The van der Waals surface area contributed by atoms with Crippen molar-refractivity contribution in [1.29, 1.82) is 0 Å². The van der Waals surface area contributed by atoms with E-state index in [0.29, 0.717) is 10.9 Å². The number of aromatic nitrogens is 1. The van der Waals surface area contributed by atoms with Crippen LogP contribution in [0.4, 0.5) is 18.0 Å². The fourth-order valence-corrected chi connectivity index (χ4v) is 2.04. The molecule has 0 spiro atoms. The van der Waals surface area contributed by atoms with Crippen molar-refractivity contribution >= 4 is 17.0 Å². The van der Waals surface area contributed by atoms with Crippen LogP contribution in [0.2, 0.25) is 0 Å². The second-order valence-corrected chi connectivity index (χ2v) is 5.89. The van der Waals surface area contributed by atoms with Gasteiger partial charge >= 0.3 is 12.3 Å². The fraction of sp³-hybridized carbons (Fsp3) is 0.400. The third-order valence-electron chi connectivity index (χ3n) is 2.92. The van der Waals surface area contributed by atoms with E-state index in [1.807, 2.05) is 0 Å². The van der Waals surface area contributed by atoms with E-state index >= 15 is 0 Å². The molecule has 0 N–H and O–H groups in total. The summed E-state index contributed by atoms with van der Waals surface area (Å²) in [5.41, 5.74) is -0.609. The topological polar surface area (TPSA) is 31.2 Å². The maximum atomic E-state index is 12.8. The molecule has 0 aliphatic heterocycles. The molecule has 6 heteroatoms. The van der Waals surface area contributed by atoms with Gasteiger partial charge in [-0.3, -0.25) is 4.57 Å². The highest BCUT2D eigenvalue weighted by Crippen LogP contribution is 2.33. The van der Waals surface area contributed by atoms with Crippen LogP contribution in [0.15, 0.2) is 24.4 Å². The molecule has 0 amide bonds. The number of fused-ring (bicyclic) bond motifs is 1. The minimum atomic E-state index is -4.45. The van der Waals surface area contributed by atoms with Gasteiger partial charge in [-0.25, -0.2) is 4.79 Å². The number of nitrogens with zero attached hydrogens (tertiary/aromatic N) is 1. The van der Waals surface area contributed by atoms with Gasteiger partial charge in [-0.1, -0.05) is 6.07 Å². The summed E-state index contributed by atoms with van der Waals surface area (Å²) in [6.07, 6.45) is -3.66. The minimum absolute atomic E-state index is 0.191. The van der Waals surface area contributed by atoms with Crippen LogP contribution in [0.3, 0.4) is 0 Å². The summed E-state index contributed by atoms with van der Waals surface area (Å²) >= 11 is 0. The lowest BCUT2D eigenvalue weighted by Gasteiger charge is -2.20. The van der Waals surface area contributed by atoms with E-state index in [-0.39, 0.29) is 5.52 Å². The normalized spacial score (nSPS) is 12.7. The van der Waals surface area contributed by atoms with Gasteiger partial charge in [0, 0.05) is 11.6 Å². The van der Waals surface area contributed by atoms with E-state index in [1.54, 1.807) is 27.7 Å². The lowest BCUT2D eigenvalue weighted by atomic mass is 10.1. The van der Waals surface area contributed by atoms with Crippen molar-refractivity contribution in [3.05, 3.63) is 35.5 Å². The third-order valence-corrected chi connectivity index (χ3v) is 2.92. The van der Waals surface area contributed by atoms with Crippen LogP contribution >= 0.6 is 0 Å². The molecule has 0 radical (unpaired) electrons. The minimum Gasteiger partial charge on any atom is -0.443 e. The van der Waals surface area contributed by atoms with Crippen LogP contribution in [-0.4, -0.2) is 16.3 Å². The Kier molecular flexibility index (Phi) is 3.51. The Hall–Kier alpha value is -1.98. The maximum Gasteiger partial charge on any atom is 0.419 e. The molecular formula is C15H16F3NO2. The van der Waals surface area contributed by atoms with Crippen molar-refractivity contribution in [3.63, 3.8) is 0 Å². The van der Waals surface area contributed by atoms with Gasteiger partial charge in [-0.05, 0) is 45.4 Å². The summed E-state index contributed by atoms with van der Waals surface area (Å²) in [7, 11) is 0. The summed E-state index contributed by atoms with van der Waals surface area (Å²) in [5.74, 6) is 0. The molecule has 21 heavy (non-hydrogen) atoms. The number of rotatable bonds is 0. The summed E-state index contributed by atoms with van der Waals surface area (Å²) in [4.78, 5) is 12.1. The Morgan fingerprint density at radius 3 is 2.33 bits per heavy atom. The summed E-state index contributed by atoms with van der Waals surface area (Å²) < 4.78 is 44.7. The van der Waals surface area contributed by atoms with Crippen molar-refractivity contribution in [2.24, 2.45) is 0 Å². The van der Waals surface area contributed by atoms with Crippen molar-refractivity contribution < 1.29 is 22.7 Å². The van der Waals surface area contributed by atoms with Crippen LogP contribution < -0.4 is 0 Å². The first-order valence-corrected chi connectivity index (χ1v) is 6.41. The lowest BCUT2D eigenvalue weighted by Crippen LogP contribution is -2.26. The molecule has 114 valence electrons. The number of carbonyl (C=O) groups is 1. The quantitative estimate of drug-likeness (QED) is 0.703. The Labute approximate surface area is 120 Å². The molecule has 1 heterocycles. The van der Waals surface area contributed by atoms with E-state index in [2.05, 4.69) is 0 Å². The first kappa shape index (κ1) is 15.4. The largest absolute Gasteiger partial charge is 0.443 e. The molecule has 3 nitrogen and oxygen atoms in total. The Balaban J connectivity index is 2.56. The Morgan fingerprint density at radius 1 is 1.19 bits per heavy atom. The number of alkyl halides is 3. The predicted octanol–water partition coefficient (Wildman–Crippen LogP) is 4.75. The molecule has 0 saturated carbocycles. The van der Waals surface area contributed by atoms with Crippen LogP contribution in [0.1, 0.15) is 31.9 Å². The van der Waals surface area contributed by atoms with E-state index in [1.165, 1.54) is 12.3 Å². The highest BCUT2D eigenvalue weighted by molar-refractivity contribution is 5.92. The highest BCUT2D eigenvalue weighted by atomic mass is 19.4. The maximum absolute atomic E-state index is 12.8. The molecule has 1 aromatic carbocycles. The fourth-order valence-electron chi connectivity index (χ4n) is 2.04. The molecular weight excluding hydrogens is 283 g/mol. The molecule has 0 atom stereocenters. The van der Waals surface area contributed by atoms with Crippen LogP contribution in [0.25, 0.3) is 10.9 Å². The van der Waals surface area contributed by atoms with E-state index in [0.717, 1.165) is 16.7 Å². The first-order valence-electron chi connectivity index (χ1n) is 6.41. The molecule has 2 aromatic rings. The van der Waals surface area contributed by atoms with Gasteiger partial charge in [0.2, 0.25) is 0 Å². The zero-order valence-corrected chi connectivity index (χ0v) is 12.2. The van der Waals surface area contributed by atoms with Gasteiger partial charge in [-0.15, -0.1) is 0 Å². The van der Waals surface area contributed by atoms with Crippen molar-refractivity contribution in [2.45, 2.75) is 39.5 Å².